The van der Waals surface area contributed by atoms with E-state index in [2.05, 4.69) is 13.8 Å². The van der Waals surface area contributed by atoms with Crippen molar-refractivity contribution < 1.29 is 9.21 Å². The molecule has 0 spiro atoms. The molecule has 1 rings (SSSR count). The summed E-state index contributed by atoms with van der Waals surface area (Å²) in [7, 11) is 0. The highest BCUT2D eigenvalue weighted by Crippen LogP contribution is 2.27. The van der Waals surface area contributed by atoms with Crippen LogP contribution in [0.2, 0.25) is 0 Å². The number of carbonyl (C=O) groups excluding carboxylic acids is 1. The molecule has 0 saturated heterocycles. The van der Waals surface area contributed by atoms with Gasteiger partial charge in [-0.3, -0.25) is 9.69 Å². The van der Waals surface area contributed by atoms with Gasteiger partial charge in [0, 0.05) is 12.6 Å². The SMILES string of the molecule is CCC(N)C(c1ccc(C)o1)N(CC(N)=O)CC(C)C. The molecule has 5 heteroatoms. The molecule has 1 aromatic rings. The predicted molar refractivity (Wildman–Crippen MR) is 80.1 cm³/mol. The van der Waals surface area contributed by atoms with Crippen LogP contribution in [-0.4, -0.2) is 29.9 Å². The lowest BCUT2D eigenvalue weighted by Gasteiger charge is -2.34. The molecule has 0 aliphatic carbocycles. The molecule has 0 aromatic carbocycles. The smallest absolute Gasteiger partial charge is 0.231 e. The lowest BCUT2D eigenvalue weighted by molar-refractivity contribution is -0.120. The summed E-state index contributed by atoms with van der Waals surface area (Å²) in [6.07, 6.45) is 0.803. The number of primary amides is 1. The van der Waals surface area contributed by atoms with Crippen molar-refractivity contribution in [1.82, 2.24) is 4.90 Å². The van der Waals surface area contributed by atoms with Crippen LogP contribution in [0.4, 0.5) is 0 Å². The Labute approximate surface area is 121 Å². The number of rotatable bonds is 8. The lowest BCUT2D eigenvalue weighted by Crippen LogP contribution is -2.45. The number of nitrogens with zero attached hydrogens (tertiary/aromatic N) is 1. The van der Waals surface area contributed by atoms with Crippen LogP contribution in [0.1, 0.15) is 44.8 Å². The van der Waals surface area contributed by atoms with Gasteiger partial charge in [-0.2, -0.15) is 0 Å². The average molecular weight is 281 g/mol. The minimum absolute atomic E-state index is 0.0985. The van der Waals surface area contributed by atoms with E-state index in [1.54, 1.807) is 0 Å². The molecule has 4 N–H and O–H groups in total. The molecule has 2 atom stereocenters. The molecule has 0 fully saturated rings. The zero-order valence-electron chi connectivity index (χ0n) is 12.9. The van der Waals surface area contributed by atoms with Gasteiger partial charge in [-0.05, 0) is 31.4 Å². The van der Waals surface area contributed by atoms with Crippen LogP contribution < -0.4 is 11.5 Å². The topological polar surface area (TPSA) is 85.5 Å². The van der Waals surface area contributed by atoms with Crippen molar-refractivity contribution in [1.29, 1.82) is 0 Å². The van der Waals surface area contributed by atoms with Crippen LogP contribution in [0.25, 0.3) is 0 Å². The molecule has 5 nitrogen and oxygen atoms in total. The molecule has 0 radical (unpaired) electrons. The Morgan fingerprint density at radius 3 is 2.45 bits per heavy atom. The van der Waals surface area contributed by atoms with E-state index in [-0.39, 0.29) is 24.5 Å². The van der Waals surface area contributed by atoms with Crippen molar-refractivity contribution in [2.45, 2.75) is 46.2 Å². The van der Waals surface area contributed by atoms with E-state index >= 15 is 0 Å². The van der Waals surface area contributed by atoms with Gasteiger partial charge in [-0.15, -0.1) is 0 Å². The fourth-order valence-electron chi connectivity index (χ4n) is 2.44. The Hall–Kier alpha value is -1.33. The second kappa shape index (κ2) is 7.45. The summed E-state index contributed by atoms with van der Waals surface area (Å²) in [5, 5.41) is 0. The summed E-state index contributed by atoms with van der Waals surface area (Å²) in [6.45, 7) is 9.09. The van der Waals surface area contributed by atoms with E-state index in [1.165, 1.54) is 0 Å². The Morgan fingerprint density at radius 1 is 1.40 bits per heavy atom. The third kappa shape index (κ3) is 4.65. The highest BCUT2D eigenvalue weighted by molar-refractivity contribution is 5.76. The number of hydrogen-bond donors (Lipinski definition) is 2. The Balaban J connectivity index is 3.06. The molecule has 0 bridgehead atoms. The molecular formula is C15H27N3O2. The first-order valence-corrected chi connectivity index (χ1v) is 7.19. The molecular weight excluding hydrogens is 254 g/mol. The number of amides is 1. The van der Waals surface area contributed by atoms with E-state index < -0.39 is 0 Å². The van der Waals surface area contributed by atoms with Crippen molar-refractivity contribution in [2.24, 2.45) is 17.4 Å². The van der Waals surface area contributed by atoms with E-state index in [1.807, 2.05) is 30.9 Å². The molecule has 20 heavy (non-hydrogen) atoms. The molecule has 1 amide bonds. The van der Waals surface area contributed by atoms with Crippen LogP contribution in [-0.2, 0) is 4.79 Å². The summed E-state index contributed by atoms with van der Waals surface area (Å²) in [5.74, 6) is 1.72. The number of carbonyl (C=O) groups is 1. The highest BCUT2D eigenvalue weighted by Gasteiger charge is 2.29. The summed E-state index contributed by atoms with van der Waals surface area (Å²) < 4.78 is 5.74. The number of aryl methyl sites for hydroxylation is 1. The van der Waals surface area contributed by atoms with Crippen LogP contribution in [0.5, 0.6) is 0 Å². The van der Waals surface area contributed by atoms with Gasteiger partial charge in [0.2, 0.25) is 5.91 Å². The average Bonchev–Trinajstić information content (AvgIpc) is 2.74. The third-order valence-corrected chi connectivity index (χ3v) is 3.28. The zero-order valence-corrected chi connectivity index (χ0v) is 12.9. The first kappa shape index (κ1) is 16.7. The molecule has 114 valence electrons. The third-order valence-electron chi connectivity index (χ3n) is 3.28. The molecule has 0 aliphatic heterocycles. The molecule has 0 aliphatic rings. The lowest BCUT2D eigenvalue weighted by atomic mass is 10.0. The van der Waals surface area contributed by atoms with Gasteiger partial charge < -0.3 is 15.9 Å². The fourth-order valence-corrected chi connectivity index (χ4v) is 2.44. The van der Waals surface area contributed by atoms with Crippen molar-refractivity contribution in [3.05, 3.63) is 23.7 Å². The monoisotopic (exact) mass is 281 g/mol. The summed E-state index contributed by atoms with van der Waals surface area (Å²) >= 11 is 0. The normalized spacial score (nSPS) is 14.8. The molecule has 1 aromatic heterocycles. The predicted octanol–water partition coefficient (Wildman–Crippen LogP) is 1.81. The van der Waals surface area contributed by atoms with Gasteiger partial charge in [-0.25, -0.2) is 0 Å². The number of hydrogen-bond acceptors (Lipinski definition) is 4. The zero-order chi connectivity index (χ0) is 15.3. The Morgan fingerprint density at radius 2 is 2.05 bits per heavy atom. The van der Waals surface area contributed by atoms with Gasteiger partial charge in [0.05, 0.1) is 12.6 Å². The fraction of sp³-hybridized carbons (Fsp3) is 0.667. The highest BCUT2D eigenvalue weighted by atomic mass is 16.3. The summed E-state index contributed by atoms with van der Waals surface area (Å²) in [6, 6.07) is 3.63. The van der Waals surface area contributed by atoms with Gasteiger partial charge in [0.15, 0.2) is 0 Å². The van der Waals surface area contributed by atoms with Crippen LogP contribution in [0.3, 0.4) is 0 Å². The van der Waals surface area contributed by atoms with E-state index in [0.717, 1.165) is 24.5 Å². The van der Waals surface area contributed by atoms with E-state index in [0.29, 0.717) is 5.92 Å². The molecule has 0 saturated carbocycles. The van der Waals surface area contributed by atoms with Gasteiger partial charge in [0.25, 0.3) is 0 Å². The largest absolute Gasteiger partial charge is 0.465 e. The first-order chi connectivity index (χ1) is 9.35. The summed E-state index contributed by atoms with van der Waals surface area (Å²) in [5.41, 5.74) is 11.6. The number of furan rings is 1. The second-order valence-corrected chi connectivity index (χ2v) is 5.75. The summed E-state index contributed by atoms with van der Waals surface area (Å²) in [4.78, 5) is 13.4. The van der Waals surface area contributed by atoms with E-state index in [4.69, 9.17) is 15.9 Å². The maximum Gasteiger partial charge on any atom is 0.231 e. The standard InChI is InChI=1S/C15H27N3O2/c1-5-12(16)15(13-7-6-11(4)20-13)18(8-10(2)3)9-14(17)19/h6-7,10,12,15H,5,8-9,16H2,1-4H3,(H2,17,19). The minimum atomic E-state index is -0.345. The maximum absolute atomic E-state index is 11.4. The van der Waals surface area contributed by atoms with Crippen molar-refractivity contribution >= 4 is 5.91 Å². The van der Waals surface area contributed by atoms with E-state index in [9.17, 15) is 4.79 Å². The molecule has 2 unspecified atom stereocenters. The quantitative estimate of drug-likeness (QED) is 0.761. The maximum atomic E-state index is 11.4. The second-order valence-electron chi connectivity index (χ2n) is 5.75. The van der Waals surface area contributed by atoms with Gasteiger partial charge in [0.1, 0.15) is 11.5 Å². The Kier molecular flexibility index (Phi) is 6.23. The van der Waals surface area contributed by atoms with Crippen molar-refractivity contribution in [3.8, 4) is 0 Å². The van der Waals surface area contributed by atoms with Crippen LogP contribution >= 0.6 is 0 Å². The first-order valence-electron chi connectivity index (χ1n) is 7.19. The van der Waals surface area contributed by atoms with Crippen molar-refractivity contribution in [3.63, 3.8) is 0 Å². The number of nitrogens with two attached hydrogens (primary N) is 2. The van der Waals surface area contributed by atoms with Crippen molar-refractivity contribution in [2.75, 3.05) is 13.1 Å². The van der Waals surface area contributed by atoms with Gasteiger partial charge >= 0.3 is 0 Å². The van der Waals surface area contributed by atoms with Crippen LogP contribution in [0.15, 0.2) is 16.5 Å². The Bertz CT molecular complexity index is 429. The molecule has 1 heterocycles. The minimum Gasteiger partial charge on any atom is -0.465 e. The van der Waals surface area contributed by atoms with Gasteiger partial charge in [-0.1, -0.05) is 20.8 Å². The van der Waals surface area contributed by atoms with Crippen LogP contribution in [0, 0.1) is 12.8 Å².